The molecule has 0 N–H and O–H groups in total. The Morgan fingerprint density at radius 2 is 2.29 bits per heavy atom. The molecule has 0 spiro atoms. The Hall–Kier alpha value is -1.03. The summed E-state index contributed by atoms with van der Waals surface area (Å²) < 4.78 is 24.6. The largest absolute Gasteiger partial charge is 0.296 e. The van der Waals surface area contributed by atoms with Crippen molar-refractivity contribution < 1.29 is 13.6 Å². The van der Waals surface area contributed by atoms with E-state index in [0.29, 0.717) is 17.4 Å². The van der Waals surface area contributed by atoms with Crippen LogP contribution in [0.5, 0.6) is 0 Å². The molecule has 0 aliphatic carbocycles. The first-order valence-electron chi connectivity index (χ1n) is 3.89. The zero-order valence-corrected chi connectivity index (χ0v) is 8.18. The number of pyridine rings is 1. The van der Waals surface area contributed by atoms with Crippen LogP contribution in [0.25, 0.3) is 0 Å². The predicted octanol–water partition coefficient (Wildman–Crippen LogP) is 2.88. The van der Waals surface area contributed by atoms with Gasteiger partial charge in [0.2, 0.25) is 0 Å². The molecular weight excluding hydrogens is 212 g/mol. The number of carbonyl (C=O) groups is 1. The molecule has 14 heavy (non-hydrogen) atoms. The van der Waals surface area contributed by atoms with Crippen LogP contribution >= 0.6 is 11.6 Å². The van der Waals surface area contributed by atoms with Crippen molar-refractivity contribution in [2.45, 2.75) is 19.2 Å². The fraction of sp³-hybridized carbons (Fsp3) is 0.333. The van der Waals surface area contributed by atoms with E-state index in [1.54, 1.807) is 6.92 Å². The van der Waals surface area contributed by atoms with Gasteiger partial charge in [0.15, 0.2) is 6.29 Å². The highest BCUT2D eigenvalue weighted by Crippen LogP contribution is 2.21. The third-order valence-electron chi connectivity index (χ3n) is 1.87. The standard InChI is InChI=1S/C9H8ClF2NO/c1-5-2-7(9(11)12)13-8(4-14)6(5)3-10/h2,4,9H,3H2,1H3. The quantitative estimate of drug-likeness (QED) is 0.578. The van der Waals surface area contributed by atoms with Crippen LogP contribution in [0.15, 0.2) is 6.07 Å². The normalized spacial score (nSPS) is 10.6. The third-order valence-corrected chi connectivity index (χ3v) is 2.14. The minimum absolute atomic E-state index is 0.00435. The number of carbonyl (C=O) groups excluding carboxylic acids is 1. The molecule has 5 heteroatoms. The zero-order valence-electron chi connectivity index (χ0n) is 7.43. The second kappa shape index (κ2) is 4.46. The van der Waals surface area contributed by atoms with Crippen LogP contribution in [0, 0.1) is 6.92 Å². The molecule has 0 saturated carbocycles. The Bertz CT molecular complexity index is 355. The summed E-state index contributed by atoms with van der Waals surface area (Å²) in [5.74, 6) is 0.0937. The lowest BCUT2D eigenvalue weighted by Crippen LogP contribution is -2.02. The molecule has 0 amide bonds. The van der Waals surface area contributed by atoms with Gasteiger partial charge in [-0.05, 0) is 24.1 Å². The van der Waals surface area contributed by atoms with E-state index in [4.69, 9.17) is 11.6 Å². The van der Waals surface area contributed by atoms with E-state index < -0.39 is 12.1 Å². The summed E-state index contributed by atoms with van der Waals surface area (Å²) in [5, 5.41) is 0. The Kier molecular flexibility index (Phi) is 3.52. The van der Waals surface area contributed by atoms with Crippen molar-refractivity contribution in [2.24, 2.45) is 0 Å². The van der Waals surface area contributed by atoms with Gasteiger partial charge < -0.3 is 0 Å². The van der Waals surface area contributed by atoms with E-state index in [0.717, 1.165) is 0 Å². The number of alkyl halides is 3. The van der Waals surface area contributed by atoms with E-state index in [1.807, 2.05) is 0 Å². The molecule has 0 aliphatic rings. The van der Waals surface area contributed by atoms with E-state index in [2.05, 4.69) is 4.98 Å². The van der Waals surface area contributed by atoms with Gasteiger partial charge in [0.25, 0.3) is 6.43 Å². The molecule has 0 atom stereocenters. The number of halogens is 3. The van der Waals surface area contributed by atoms with Crippen molar-refractivity contribution in [1.82, 2.24) is 4.98 Å². The zero-order chi connectivity index (χ0) is 10.7. The molecule has 1 aromatic rings. The summed E-state index contributed by atoms with van der Waals surface area (Å²) in [6, 6.07) is 1.25. The lowest BCUT2D eigenvalue weighted by atomic mass is 10.1. The lowest BCUT2D eigenvalue weighted by molar-refractivity contribution is 0.111. The van der Waals surface area contributed by atoms with Crippen molar-refractivity contribution in [2.75, 3.05) is 0 Å². The average molecular weight is 220 g/mol. The summed E-state index contributed by atoms with van der Waals surface area (Å²) in [6.45, 7) is 1.62. The number of hydrogen-bond acceptors (Lipinski definition) is 2. The van der Waals surface area contributed by atoms with Gasteiger partial charge in [-0.3, -0.25) is 4.79 Å². The number of aryl methyl sites for hydroxylation is 1. The molecule has 0 radical (unpaired) electrons. The van der Waals surface area contributed by atoms with Crippen molar-refractivity contribution in [3.63, 3.8) is 0 Å². The van der Waals surface area contributed by atoms with Gasteiger partial charge >= 0.3 is 0 Å². The summed E-state index contributed by atoms with van der Waals surface area (Å²) in [5.41, 5.74) is 0.673. The lowest BCUT2D eigenvalue weighted by Gasteiger charge is -2.07. The van der Waals surface area contributed by atoms with E-state index >= 15 is 0 Å². The van der Waals surface area contributed by atoms with Gasteiger partial charge in [-0.2, -0.15) is 0 Å². The highest BCUT2D eigenvalue weighted by Gasteiger charge is 2.14. The van der Waals surface area contributed by atoms with Crippen LogP contribution in [0.4, 0.5) is 8.78 Å². The highest BCUT2D eigenvalue weighted by molar-refractivity contribution is 6.17. The van der Waals surface area contributed by atoms with Crippen LogP contribution in [0.3, 0.4) is 0 Å². The molecule has 76 valence electrons. The number of aromatic nitrogens is 1. The number of hydrogen-bond donors (Lipinski definition) is 0. The maximum absolute atomic E-state index is 12.3. The molecule has 1 rings (SSSR count). The van der Waals surface area contributed by atoms with Crippen molar-refractivity contribution in [3.8, 4) is 0 Å². The van der Waals surface area contributed by atoms with Gasteiger partial charge in [-0.1, -0.05) is 0 Å². The Balaban J connectivity index is 3.31. The highest BCUT2D eigenvalue weighted by atomic mass is 35.5. The fourth-order valence-corrected chi connectivity index (χ4v) is 1.48. The molecule has 0 bridgehead atoms. The second-order valence-corrected chi connectivity index (χ2v) is 3.05. The fourth-order valence-electron chi connectivity index (χ4n) is 1.13. The molecule has 1 aromatic heterocycles. The molecule has 0 unspecified atom stereocenters. The molecule has 0 saturated heterocycles. The maximum atomic E-state index is 12.3. The van der Waals surface area contributed by atoms with Gasteiger partial charge in [0.05, 0.1) is 0 Å². The van der Waals surface area contributed by atoms with Crippen LogP contribution < -0.4 is 0 Å². The van der Waals surface area contributed by atoms with Crippen molar-refractivity contribution >= 4 is 17.9 Å². The van der Waals surface area contributed by atoms with Crippen LogP contribution in [0.2, 0.25) is 0 Å². The van der Waals surface area contributed by atoms with Crippen LogP contribution in [-0.4, -0.2) is 11.3 Å². The second-order valence-electron chi connectivity index (χ2n) is 2.78. The van der Waals surface area contributed by atoms with Gasteiger partial charge in [-0.25, -0.2) is 13.8 Å². The number of nitrogens with zero attached hydrogens (tertiary/aromatic N) is 1. The SMILES string of the molecule is Cc1cc(C(F)F)nc(C=O)c1CCl. The topological polar surface area (TPSA) is 30.0 Å². The molecule has 0 fully saturated rings. The predicted molar refractivity (Wildman–Crippen MR) is 48.9 cm³/mol. The Morgan fingerprint density at radius 1 is 1.64 bits per heavy atom. The van der Waals surface area contributed by atoms with Crippen LogP contribution in [-0.2, 0) is 5.88 Å². The first-order chi connectivity index (χ1) is 6.60. The van der Waals surface area contributed by atoms with Crippen LogP contribution in [0.1, 0.15) is 33.7 Å². The first kappa shape index (κ1) is 11.0. The molecule has 1 heterocycles. The molecular formula is C9H8ClF2NO. The summed E-state index contributed by atoms with van der Waals surface area (Å²) in [7, 11) is 0. The monoisotopic (exact) mass is 219 g/mol. The smallest absolute Gasteiger partial charge is 0.280 e. The summed E-state index contributed by atoms with van der Waals surface area (Å²) in [6.07, 6.45) is -2.23. The Morgan fingerprint density at radius 3 is 2.71 bits per heavy atom. The molecule has 2 nitrogen and oxygen atoms in total. The van der Waals surface area contributed by atoms with Gasteiger partial charge in [0, 0.05) is 5.88 Å². The van der Waals surface area contributed by atoms with E-state index in [1.165, 1.54) is 6.07 Å². The first-order valence-corrected chi connectivity index (χ1v) is 4.43. The van der Waals surface area contributed by atoms with Gasteiger partial charge in [-0.15, -0.1) is 11.6 Å². The summed E-state index contributed by atoms with van der Waals surface area (Å²) in [4.78, 5) is 14.1. The third kappa shape index (κ3) is 2.07. The van der Waals surface area contributed by atoms with E-state index in [-0.39, 0.29) is 11.6 Å². The minimum Gasteiger partial charge on any atom is -0.296 e. The summed E-state index contributed by atoms with van der Waals surface area (Å²) >= 11 is 5.56. The van der Waals surface area contributed by atoms with Crippen molar-refractivity contribution in [1.29, 1.82) is 0 Å². The average Bonchev–Trinajstić information content (AvgIpc) is 2.16. The molecule has 0 aliphatic heterocycles. The van der Waals surface area contributed by atoms with E-state index in [9.17, 15) is 13.6 Å². The minimum atomic E-state index is -2.67. The Labute approximate surface area is 84.9 Å². The maximum Gasteiger partial charge on any atom is 0.280 e. The number of aldehydes is 1. The van der Waals surface area contributed by atoms with Crippen molar-refractivity contribution in [3.05, 3.63) is 28.6 Å². The van der Waals surface area contributed by atoms with Gasteiger partial charge in [0.1, 0.15) is 11.4 Å². The molecule has 0 aromatic carbocycles. The number of rotatable bonds is 3.